The molecule has 0 aliphatic carbocycles. The van der Waals surface area contributed by atoms with Crippen LogP contribution in [0, 0.1) is 5.82 Å². The number of pyridine rings is 1. The van der Waals surface area contributed by atoms with Gasteiger partial charge in [-0.15, -0.1) is 0 Å². The van der Waals surface area contributed by atoms with E-state index in [-0.39, 0.29) is 30.4 Å². The number of hydrogen-bond acceptors (Lipinski definition) is 3. The molecule has 1 heterocycles. The van der Waals surface area contributed by atoms with Crippen LogP contribution < -0.4 is 4.90 Å². The summed E-state index contributed by atoms with van der Waals surface area (Å²) in [5, 5.41) is 10.1. The van der Waals surface area contributed by atoms with Gasteiger partial charge in [0.1, 0.15) is 11.6 Å². The van der Waals surface area contributed by atoms with Crippen LogP contribution in [0.5, 0.6) is 5.75 Å². The molecule has 0 fully saturated rings. The normalized spacial score (nSPS) is 10.4. The fraction of sp³-hybridized carbons (Fsp3) is 0.100. The monoisotopic (exact) mass is 336 g/mol. The number of carbonyl (C=O) groups excluding carboxylic acids is 1. The van der Waals surface area contributed by atoms with Crippen LogP contribution in [-0.2, 0) is 17.8 Å². The SMILES string of the molecule is O=C(Cc1ccc(F)cc1)N(Cc1ccccn1)c1ccccc1O. The number of rotatable bonds is 5. The van der Waals surface area contributed by atoms with E-state index in [9.17, 15) is 14.3 Å². The lowest BCUT2D eigenvalue weighted by atomic mass is 10.1. The smallest absolute Gasteiger partial charge is 0.231 e. The summed E-state index contributed by atoms with van der Waals surface area (Å²) in [7, 11) is 0. The average molecular weight is 336 g/mol. The molecule has 1 amide bonds. The minimum absolute atomic E-state index is 0.0193. The van der Waals surface area contributed by atoms with E-state index in [2.05, 4.69) is 4.98 Å². The van der Waals surface area contributed by atoms with Crippen LogP contribution in [-0.4, -0.2) is 16.0 Å². The van der Waals surface area contributed by atoms with Crippen molar-refractivity contribution >= 4 is 11.6 Å². The van der Waals surface area contributed by atoms with Gasteiger partial charge in [-0.3, -0.25) is 9.78 Å². The Bertz CT molecular complexity index is 851. The van der Waals surface area contributed by atoms with E-state index in [1.165, 1.54) is 23.1 Å². The van der Waals surface area contributed by atoms with Gasteiger partial charge in [-0.1, -0.05) is 30.3 Å². The minimum atomic E-state index is -0.345. The first kappa shape index (κ1) is 16.6. The molecule has 0 saturated heterocycles. The van der Waals surface area contributed by atoms with Crippen molar-refractivity contribution in [1.29, 1.82) is 0 Å². The molecule has 5 heteroatoms. The molecule has 0 saturated carbocycles. The number of phenolic OH excluding ortho intramolecular Hbond substituents is 1. The maximum atomic E-state index is 13.1. The summed E-state index contributed by atoms with van der Waals surface area (Å²) >= 11 is 0. The van der Waals surface area contributed by atoms with E-state index in [1.54, 1.807) is 42.6 Å². The van der Waals surface area contributed by atoms with Gasteiger partial charge in [-0.25, -0.2) is 4.39 Å². The molecule has 3 aromatic rings. The fourth-order valence-corrected chi connectivity index (χ4v) is 2.53. The molecule has 0 spiro atoms. The Balaban J connectivity index is 1.88. The van der Waals surface area contributed by atoms with Gasteiger partial charge < -0.3 is 10.0 Å². The van der Waals surface area contributed by atoms with Crippen LogP contribution in [0.15, 0.2) is 72.9 Å². The molecule has 0 atom stereocenters. The summed E-state index contributed by atoms with van der Waals surface area (Å²) in [5.74, 6) is -0.535. The highest BCUT2D eigenvalue weighted by Gasteiger charge is 2.20. The Morgan fingerprint density at radius 2 is 1.72 bits per heavy atom. The molecule has 25 heavy (non-hydrogen) atoms. The largest absolute Gasteiger partial charge is 0.506 e. The Morgan fingerprint density at radius 1 is 1.00 bits per heavy atom. The molecule has 126 valence electrons. The quantitative estimate of drug-likeness (QED) is 0.773. The summed E-state index contributed by atoms with van der Waals surface area (Å²) in [6, 6.07) is 17.9. The number of halogens is 1. The lowest BCUT2D eigenvalue weighted by Crippen LogP contribution is -2.32. The van der Waals surface area contributed by atoms with Crippen LogP contribution in [0.4, 0.5) is 10.1 Å². The first-order valence-electron chi connectivity index (χ1n) is 7.86. The molecule has 0 radical (unpaired) electrons. The molecule has 1 N–H and O–H groups in total. The molecule has 0 aliphatic rings. The van der Waals surface area contributed by atoms with E-state index >= 15 is 0 Å². The topological polar surface area (TPSA) is 53.4 Å². The number of aromatic nitrogens is 1. The first-order valence-corrected chi connectivity index (χ1v) is 7.86. The van der Waals surface area contributed by atoms with Gasteiger partial charge in [0.05, 0.1) is 24.3 Å². The maximum absolute atomic E-state index is 13.1. The highest BCUT2D eigenvalue weighted by Crippen LogP contribution is 2.28. The van der Waals surface area contributed by atoms with Gasteiger partial charge in [-0.05, 0) is 42.0 Å². The van der Waals surface area contributed by atoms with E-state index in [4.69, 9.17) is 0 Å². The Labute approximate surface area is 145 Å². The molecule has 2 aromatic carbocycles. The number of nitrogens with zero attached hydrogens (tertiary/aromatic N) is 2. The maximum Gasteiger partial charge on any atom is 0.231 e. The summed E-state index contributed by atoms with van der Waals surface area (Å²) in [6.07, 6.45) is 1.75. The molecular formula is C20H17FN2O2. The third-order valence-electron chi connectivity index (χ3n) is 3.79. The number of para-hydroxylation sites is 2. The fourth-order valence-electron chi connectivity index (χ4n) is 2.53. The summed E-state index contributed by atoms with van der Waals surface area (Å²) in [4.78, 5) is 18.6. The number of aromatic hydroxyl groups is 1. The van der Waals surface area contributed by atoms with Gasteiger partial charge in [0.15, 0.2) is 0 Å². The number of hydrogen-bond donors (Lipinski definition) is 1. The van der Waals surface area contributed by atoms with Gasteiger partial charge in [0, 0.05) is 6.20 Å². The zero-order valence-electron chi connectivity index (χ0n) is 13.5. The zero-order valence-corrected chi connectivity index (χ0v) is 13.5. The number of phenols is 1. The molecule has 0 bridgehead atoms. The average Bonchev–Trinajstić information content (AvgIpc) is 2.63. The Morgan fingerprint density at radius 3 is 2.40 bits per heavy atom. The number of benzene rings is 2. The predicted molar refractivity (Wildman–Crippen MR) is 93.6 cm³/mol. The second-order valence-corrected chi connectivity index (χ2v) is 5.59. The number of anilines is 1. The third-order valence-corrected chi connectivity index (χ3v) is 3.79. The Hall–Kier alpha value is -3.21. The van der Waals surface area contributed by atoms with Gasteiger partial charge in [0.2, 0.25) is 5.91 Å². The van der Waals surface area contributed by atoms with E-state index < -0.39 is 0 Å². The van der Waals surface area contributed by atoms with E-state index in [0.29, 0.717) is 16.9 Å². The molecule has 3 rings (SSSR count). The second-order valence-electron chi connectivity index (χ2n) is 5.59. The summed E-state index contributed by atoms with van der Waals surface area (Å²) in [6.45, 7) is 0.235. The van der Waals surface area contributed by atoms with Crippen LogP contribution in [0.1, 0.15) is 11.3 Å². The van der Waals surface area contributed by atoms with Crippen molar-refractivity contribution in [2.24, 2.45) is 0 Å². The van der Waals surface area contributed by atoms with Crippen molar-refractivity contribution in [2.75, 3.05) is 4.90 Å². The second kappa shape index (κ2) is 7.57. The third kappa shape index (κ3) is 4.20. The lowest BCUT2D eigenvalue weighted by Gasteiger charge is -2.23. The van der Waals surface area contributed by atoms with Crippen molar-refractivity contribution < 1.29 is 14.3 Å². The van der Waals surface area contributed by atoms with Crippen molar-refractivity contribution in [3.05, 3.63) is 90.0 Å². The van der Waals surface area contributed by atoms with E-state index in [1.807, 2.05) is 12.1 Å². The summed E-state index contributed by atoms with van der Waals surface area (Å²) in [5.41, 5.74) is 1.83. The molecule has 0 aliphatic heterocycles. The highest BCUT2D eigenvalue weighted by molar-refractivity contribution is 5.95. The molecule has 0 unspecified atom stereocenters. The standard InChI is InChI=1S/C20H17FN2O2/c21-16-10-8-15(9-11-16)13-20(25)23(14-17-5-3-4-12-22-17)18-6-1-2-7-19(18)24/h1-12,24H,13-14H2. The van der Waals surface area contributed by atoms with Gasteiger partial charge >= 0.3 is 0 Å². The van der Waals surface area contributed by atoms with Crippen molar-refractivity contribution in [1.82, 2.24) is 4.98 Å². The minimum Gasteiger partial charge on any atom is -0.506 e. The predicted octanol–water partition coefficient (Wildman–Crippen LogP) is 3.70. The summed E-state index contributed by atoms with van der Waals surface area (Å²) < 4.78 is 13.1. The van der Waals surface area contributed by atoms with Crippen LogP contribution >= 0.6 is 0 Å². The molecular weight excluding hydrogens is 319 g/mol. The Kier molecular flexibility index (Phi) is 5.04. The van der Waals surface area contributed by atoms with E-state index in [0.717, 1.165) is 0 Å². The van der Waals surface area contributed by atoms with Gasteiger partial charge in [0.25, 0.3) is 0 Å². The number of carbonyl (C=O) groups is 1. The van der Waals surface area contributed by atoms with Crippen LogP contribution in [0.3, 0.4) is 0 Å². The van der Waals surface area contributed by atoms with Crippen LogP contribution in [0.2, 0.25) is 0 Å². The van der Waals surface area contributed by atoms with Crippen LogP contribution in [0.25, 0.3) is 0 Å². The molecule has 1 aromatic heterocycles. The van der Waals surface area contributed by atoms with Crippen molar-refractivity contribution in [2.45, 2.75) is 13.0 Å². The molecule has 4 nitrogen and oxygen atoms in total. The number of amides is 1. The lowest BCUT2D eigenvalue weighted by molar-refractivity contribution is -0.118. The highest BCUT2D eigenvalue weighted by atomic mass is 19.1. The van der Waals surface area contributed by atoms with Crippen molar-refractivity contribution in [3.63, 3.8) is 0 Å². The van der Waals surface area contributed by atoms with Gasteiger partial charge in [-0.2, -0.15) is 0 Å². The van der Waals surface area contributed by atoms with Crippen molar-refractivity contribution in [3.8, 4) is 5.75 Å². The zero-order chi connectivity index (χ0) is 17.6. The first-order chi connectivity index (χ1) is 12.1.